The van der Waals surface area contributed by atoms with E-state index in [9.17, 15) is 9.59 Å². The standard InChI is InChI=1S/C17H20ClNO4/c1-9-12-8-11(18)6-7-13(12)23-14(9)16(21)22-10(2)15(20)19-17(3,4)5/h6-8,10H,1-5H3,(H,19,20)/t10-/m1/s1. The summed E-state index contributed by atoms with van der Waals surface area (Å²) in [5.41, 5.74) is 0.783. The molecule has 6 heteroatoms. The fourth-order valence-electron chi connectivity index (χ4n) is 2.13. The minimum Gasteiger partial charge on any atom is -0.449 e. The summed E-state index contributed by atoms with van der Waals surface area (Å²) in [5, 5.41) is 4.06. The van der Waals surface area contributed by atoms with Crippen molar-refractivity contribution in [2.75, 3.05) is 0 Å². The number of hydrogen-bond acceptors (Lipinski definition) is 4. The second-order valence-electron chi connectivity index (χ2n) is 6.48. The predicted molar refractivity (Wildman–Crippen MR) is 88.7 cm³/mol. The summed E-state index contributed by atoms with van der Waals surface area (Å²) in [6.45, 7) is 8.83. The summed E-state index contributed by atoms with van der Waals surface area (Å²) >= 11 is 5.96. The fourth-order valence-corrected chi connectivity index (χ4v) is 2.30. The molecule has 0 fully saturated rings. The number of halogens is 1. The molecule has 0 saturated heterocycles. The fraction of sp³-hybridized carbons (Fsp3) is 0.412. The Morgan fingerprint density at radius 1 is 1.30 bits per heavy atom. The second-order valence-corrected chi connectivity index (χ2v) is 6.92. The Balaban J connectivity index is 2.18. The Bertz CT molecular complexity index is 758. The average Bonchev–Trinajstić information content (AvgIpc) is 2.74. The van der Waals surface area contributed by atoms with Gasteiger partial charge in [0.25, 0.3) is 5.91 Å². The van der Waals surface area contributed by atoms with Crippen LogP contribution in [0.4, 0.5) is 0 Å². The topological polar surface area (TPSA) is 68.5 Å². The van der Waals surface area contributed by atoms with E-state index < -0.39 is 17.6 Å². The van der Waals surface area contributed by atoms with Gasteiger partial charge in [-0.2, -0.15) is 0 Å². The number of benzene rings is 1. The van der Waals surface area contributed by atoms with Crippen LogP contribution in [0.1, 0.15) is 43.8 Å². The summed E-state index contributed by atoms with van der Waals surface area (Å²) in [7, 11) is 0. The number of esters is 1. The highest BCUT2D eigenvalue weighted by Crippen LogP contribution is 2.28. The highest BCUT2D eigenvalue weighted by molar-refractivity contribution is 6.31. The van der Waals surface area contributed by atoms with Gasteiger partial charge in [-0.05, 0) is 52.8 Å². The van der Waals surface area contributed by atoms with E-state index in [1.165, 1.54) is 6.92 Å². The van der Waals surface area contributed by atoms with Crippen molar-refractivity contribution in [3.63, 3.8) is 0 Å². The van der Waals surface area contributed by atoms with Gasteiger partial charge in [-0.1, -0.05) is 11.6 Å². The number of fused-ring (bicyclic) bond motifs is 1. The molecule has 0 unspecified atom stereocenters. The number of amides is 1. The number of rotatable bonds is 3. The van der Waals surface area contributed by atoms with Gasteiger partial charge in [0, 0.05) is 21.5 Å². The van der Waals surface area contributed by atoms with Crippen LogP contribution >= 0.6 is 11.6 Å². The normalized spacial score (nSPS) is 13.0. The number of carbonyl (C=O) groups is 2. The Kier molecular flexibility index (Phi) is 4.71. The first-order valence-corrected chi connectivity index (χ1v) is 7.68. The number of furan rings is 1. The van der Waals surface area contributed by atoms with E-state index in [0.717, 1.165) is 5.39 Å². The van der Waals surface area contributed by atoms with E-state index in [1.807, 2.05) is 20.8 Å². The maximum atomic E-state index is 12.3. The largest absolute Gasteiger partial charge is 0.449 e. The van der Waals surface area contributed by atoms with E-state index in [-0.39, 0.29) is 11.7 Å². The third kappa shape index (κ3) is 4.05. The molecule has 1 aromatic carbocycles. The first-order chi connectivity index (χ1) is 10.6. The molecule has 1 aromatic heterocycles. The van der Waals surface area contributed by atoms with E-state index in [0.29, 0.717) is 16.2 Å². The Labute approximate surface area is 139 Å². The Hall–Kier alpha value is -2.01. The molecule has 124 valence electrons. The van der Waals surface area contributed by atoms with Gasteiger partial charge in [-0.25, -0.2) is 4.79 Å². The molecule has 1 heterocycles. The molecule has 0 saturated carbocycles. The van der Waals surface area contributed by atoms with Gasteiger partial charge in [-0.15, -0.1) is 0 Å². The van der Waals surface area contributed by atoms with Gasteiger partial charge in [0.1, 0.15) is 5.58 Å². The minimum atomic E-state index is -0.919. The summed E-state index contributed by atoms with van der Waals surface area (Å²) in [4.78, 5) is 24.3. The lowest BCUT2D eigenvalue weighted by Gasteiger charge is -2.23. The van der Waals surface area contributed by atoms with Gasteiger partial charge in [-0.3, -0.25) is 4.79 Å². The summed E-state index contributed by atoms with van der Waals surface area (Å²) < 4.78 is 10.7. The molecule has 0 aliphatic carbocycles. The molecule has 0 aliphatic rings. The van der Waals surface area contributed by atoms with Gasteiger partial charge >= 0.3 is 5.97 Å². The number of hydrogen-bond donors (Lipinski definition) is 1. The Morgan fingerprint density at radius 3 is 2.57 bits per heavy atom. The molecule has 1 N–H and O–H groups in total. The number of nitrogens with one attached hydrogen (secondary N) is 1. The molecule has 5 nitrogen and oxygen atoms in total. The first-order valence-electron chi connectivity index (χ1n) is 7.30. The zero-order valence-corrected chi connectivity index (χ0v) is 14.6. The third-order valence-corrected chi connectivity index (χ3v) is 3.47. The lowest BCUT2D eigenvalue weighted by Crippen LogP contribution is -2.46. The van der Waals surface area contributed by atoms with Crippen LogP contribution < -0.4 is 5.32 Å². The highest BCUT2D eigenvalue weighted by Gasteiger charge is 2.26. The van der Waals surface area contributed by atoms with Crippen molar-refractivity contribution in [3.8, 4) is 0 Å². The summed E-state index contributed by atoms with van der Waals surface area (Å²) in [6, 6.07) is 5.10. The van der Waals surface area contributed by atoms with Crippen molar-refractivity contribution in [2.24, 2.45) is 0 Å². The van der Waals surface area contributed by atoms with E-state index in [2.05, 4.69) is 5.32 Å². The van der Waals surface area contributed by atoms with Crippen molar-refractivity contribution < 1.29 is 18.7 Å². The molecular weight excluding hydrogens is 318 g/mol. The molecular formula is C17H20ClNO4. The SMILES string of the molecule is Cc1c(C(=O)O[C@H](C)C(=O)NC(C)(C)C)oc2ccc(Cl)cc12. The molecule has 2 rings (SSSR count). The van der Waals surface area contributed by atoms with Crippen molar-refractivity contribution in [2.45, 2.75) is 46.3 Å². The summed E-state index contributed by atoms with van der Waals surface area (Å²) in [5.74, 6) is -0.952. The molecule has 1 atom stereocenters. The van der Waals surface area contributed by atoms with Crippen molar-refractivity contribution in [1.82, 2.24) is 5.32 Å². The van der Waals surface area contributed by atoms with Crippen LogP contribution in [0.2, 0.25) is 5.02 Å². The molecule has 0 bridgehead atoms. The second kappa shape index (κ2) is 6.24. The quantitative estimate of drug-likeness (QED) is 0.864. The van der Waals surface area contributed by atoms with Crippen molar-refractivity contribution in [3.05, 3.63) is 34.5 Å². The molecule has 0 aliphatic heterocycles. The van der Waals surface area contributed by atoms with Crippen LogP contribution in [0.3, 0.4) is 0 Å². The first kappa shape index (κ1) is 17.3. The highest BCUT2D eigenvalue weighted by atomic mass is 35.5. The van der Waals surface area contributed by atoms with Crippen LogP contribution in [0.15, 0.2) is 22.6 Å². The molecule has 0 spiro atoms. The van der Waals surface area contributed by atoms with E-state index >= 15 is 0 Å². The van der Waals surface area contributed by atoms with Gasteiger partial charge in [0.2, 0.25) is 5.76 Å². The lowest BCUT2D eigenvalue weighted by atomic mass is 10.1. The maximum Gasteiger partial charge on any atom is 0.375 e. The van der Waals surface area contributed by atoms with Crippen LogP contribution in [-0.4, -0.2) is 23.5 Å². The molecule has 2 aromatic rings. The zero-order chi connectivity index (χ0) is 17.4. The summed E-state index contributed by atoms with van der Waals surface area (Å²) in [6.07, 6.45) is -0.919. The zero-order valence-electron chi connectivity index (χ0n) is 13.8. The van der Waals surface area contributed by atoms with Gasteiger partial charge < -0.3 is 14.5 Å². The minimum absolute atomic E-state index is 0.0812. The molecule has 0 radical (unpaired) electrons. The van der Waals surface area contributed by atoms with Crippen molar-refractivity contribution >= 4 is 34.4 Å². The van der Waals surface area contributed by atoms with Crippen LogP contribution in [-0.2, 0) is 9.53 Å². The molecule has 1 amide bonds. The number of aryl methyl sites for hydroxylation is 1. The number of ether oxygens (including phenoxy) is 1. The number of carbonyl (C=O) groups excluding carboxylic acids is 2. The maximum absolute atomic E-state index is 12.3. The monoisotopic (exact) mass is 337 g/mol. The van der Waals surface area contributed by atoms with E-state index in [4.69, 9.17) is 20.8 Å². The van der Waals surface area contributed by atoms with Gasteiger partial charge in [0.15, 0.2) is 6.10 Å². The van der Waals surface area contributed by atoms with Crippen LogP contribution in [0.25, 0.3) is 11.0 Å². The van der Waals surface area contributed by atoms with Crippen LogP contribution in [0, 0.1) is 6.92 Å². The van der Waals surface area contributed by atoms with Crippen molar-refractivity contribution in [1.29, 1.82) is 0 Å². The third-order valence-electron chi connectivity index (χ3n) is 3.23. The predicted octanol–water partition coefficient (Wildman–Crippen LogP) is 3.85. The van der Waals surface area contributed by atoms with E-state index in [1.54, 1.807) is 25.1 Å². The average molecular weight is 338 g/mol. The van der Waals surface area contributed by atoms with Gasteiger partial charge in [0.05, 0.1) is 0 Å². The lowest BCUT2D eigenvalue weighted by molar-refractivity contribution is -0.130. The smallest absolute Gasteiger partial charge is 0.375 e. The Morgan fingerprint density at radius 2 is 1.96 bits per heavy atom. The van der Waals surface area contributed by atoms with Crippen LogP contribution in [0.5, 0.6) is 0 Å². The molecule has 23 heavy (non-hydrogen) atoms.